The topological polar surface area (TPSA) is 122 Å². The zero-order valence-corrected chi connectivity index (χ0v) is 17.0. The summed E-state index contributed by atoms with van der Waals surface area (Å²) >= 11 is 0. The summed E-state index contributed by atoms with van der Waals surface area (Å²) in [4.78, 5) is 11.3. The van der Waals surface area contributed by atoms with Gasteiger partial charge in [-0.15, -0.1) is 10.2 Å². The molecule has 2 aromatic carbocycles. The molecule has 0 aliphatic heterocycles. The maximum absolute atomic E-state index is 12.7. The molecule has 0 amide bonds. The quantitative estimate of drug-likeness (QED) is 0.608. The molecule has 152 valence electrons. The first-order valence-electron chi connectivity index (χ1n) is 8.93. The van der Waals surface area contributed by atoms with E-state index in [1.165, 1.54) is 18.2 Å². The van der Waals surface area contributed by atoms with E-state index in [1.807, 2.05) is 31.2 Å². The van der Waals surface area contributed by atoms with E-state index in [-0.39, 0.29) is 10.8 Å². The predicted octanol–water partition coefficient (Wildman–Crippen LogP) is 3.10. The highest BCUT2D eigenvalue weighted by Gasteiger charge is 2.28. The summed E-state index contributed by atoms with van der Waals surface area (Å²) < 4.78 is 33.2. The zero-order valence-electron chi connectivity index (χ0n) is 16.2. The van der Waals surface area contributed by atoms with Crippen molar-refractivity contribution in [2.45, 2.75) is 31.7 Å². The molecule has 0 saturated heterocycles. The average Bonchev–Trinajstić information content (AvgIpc) is 3.16. The normalized spacial score (nSPS) is 12.8. The molecular formula is C20H21N3O5S. The van der Waals surface area contributed by atoms with E-state index >= 15 is 0 Å². The summed E-state index contributed by atoms with van der Waals surface area (Å²) in [6, 6.07) is 12.2. The molecule has 1 aromatic heterocycles. The van der Waals surface area contributed by atoms with Crippen molar-refractivity contribution in [2.24, 2.45) is 5.92 Å². The van der Waals surface area contributed by atoms with Gasteiger partial charge in [-0.3, -0.25) is 4.79 Å². The number of rotatable bonds is 7. The number of carboxylic acid groups (broad SMARTS) is 1. The van der Waals surface area contributed by atoms with Gasteiger partial charge in [-0.25, -0.2) is 8.42 Å². The molecule has 29 heavy (non-hydrogen) atoms. The van der Waals surface area contributed by atoms with Crippen LogP contribution in [0.1, 0.15) is 19.4 Å². The first-order valence-corrected chi connectivity index (χ1v) is 10.4. The summed E-state index contributed by atoms with van der Waals surface area (Å²) in [5, 5.41) is 17.3. The van der Waals surface area contributed by atoms with E-state index in [1.54, 1.807) is 19.9 Å². The van der Waals surface area contributed by atoms with Gasteiger partial charge in [0.25, 0.3) is 0 Å². The van der Waals surface area contributed by atoms with Crippen molar-refractivity contribution >= 4 is 16.0 Å². The van der Waals surface area contributed by atoms with Crippen LogP contribution in [0.25, 0.3) is 22.9 Å². The largest absolute Gasteiger partial charge is 0.480 e. The van der Waals surface area contributed by atoms with Crippen LogP contribution in [-0.4, -0.2) is 35.7 Å². The number of aromatic nitrogens is 2. The highest BCUT2D eigenvalue weighted by molar-refractivity contribution is 7.89. The molecule has 2 N–H and O–H groups in total. The van der Waals surface area contributed by atoms with Gasteiger partial charge in [0.05, 0.1) is 4.90 Å². The van der Waals surface area contributed by atoms with Crippen LogP contribution in [-0.2, 0) is 14.8 Å². The monoisotopic (exact) mass is 415 g/mol. The molecule has 3 aromatic rings. The first-order chi connectivity index (χ1) is 13.7. The van der Waals surface area contributed by atoms with E-state index in [0.29, 0.717) is 11.5 Å². The summed E-state index contributed by atoms with van der Waals surface area (Å²) in [6.45, 7) is 5.22. The maximum Gasteiger partial charge on any atom is 0.322 e. The van der Waals surface area contributed by atoms with Crippen molar-refractivity contribution in [2.75, 3.05) is 0 Å². The minimum absolute atomic E-state index is 0.0861. The molecule has 0 radical (unpaired) electrons. The Balaban J connectivity index is 1.90. The van der Waals surface area contributed by atoms with Gasteiger partial charge in [0.1, 0.15) is 6.04 Å². The number of aryl methyl sites for hydroxylation is 1. The third-order valence-corrected chi connectivity index (χ3v) is 5.77. The molecule has 1 atom stereocenters. The molecule has 0 unspecified atom stereocenters. The van der Waals surface area contributed by atoms with Gasteiger partial charge in [-0.2, -0.15) is 4.72 Å². The fraction of sp³-hybridized carbons (Fsp3) is 0.250. The van der Waals surface area contributed by atoms with Crippen LogP contribution in [0, 0.1) is 12.8 Å². The van der Waals surface area contributed by atoms with Crippen LogP contribution in [0.15, 0.2) is 57.8 Å². The van der Waals surface area contributed by atoms with Crippen LogP contribution in [0.3, 0.4) is 0 Å². The minimum Gasteiger partial charge on any atom is -0.480 e. The van der Waals surface area contributed by atoms with Gasteiger partial charge in [0, 0.05) is 11.1 Å². The van der Waals surface area contributed by atoms with E-state index in [2.05, 4.69) is 14.9 Å². The molecule has 8 nitrogen and oxygen atoms in total. The van der Waals surface area contributed by atoms with Crippen LogP contribution in [0.2, 0.25) is 0 Å². The lowest BCUT2D eigenvalue weighted by Gasteiger charge is -2.18. The van der Waals surface area contributed by atoms with Crippen LogP contribution >= 0.6 is 0 Å². The third-order valence-electron chi connectivity index (χ3n) is 4.33. The van der Waals surface area contributed by atoms with Gasteiger partial charge >= 0.3 is 5.97 Å². The fourth-order valence-electron chi connectivity index (χ4n) is 2.66. The van der Waals surface area contributed by atoms with Gasteiger partial charge in [0.2, 0.25) is 21.8 Å². The predicted molar refractivity (Wildman–Crippen MR) is 106 cm³/mol. The van der Waals surface area contributed by atoms with Gasteiger partial charge in [-0.1, -0.05) is 37.6 Å². The lowest BCUT2D eigenvalue weighted by molar-refractivity contribution is -0.140. The second-order valence-corrected chi connectivity index (χ2v) is 8.70. The molecule has 0 saturated carbocycles. The Bertz CT molecular complexity index is 1120. The number of aliphatic carboxylic acids is 1. The fourth-order valence-corrected chi connectivity index (χ4v) is 4.04. The van der Waals surface area contributed by atoms with Crippen molar-refractivity contribution < 1.29 is 22.7 Å². The maximum atomic E-state index is 12.7. The highest BCUT2D eigenvalue weighted by atomic mass is 32.2. The number of hydrogen-bond donors (Lipinski definition) is 2. The number of nitrogens with zero attached hydrogens (tertiary/aromatic N) is 2. The molecule has 9 heteroatoms. The standard InChI is InChI=1S/C20H21N3O5S/c1-12(2)17(20(24)25)23-29(26,27)16-6-4-5-15(11-16)19-22-21-18(28-19)14-9-7-13(3)8-10-14/h4-12,17,23H,1-3H3,(H,24,25)/t17-/m0/s1. The average molecular weight is 415 g/mol. The molecule has 0 aliphatic rings. The number of benzene rings is 2. The second kappa shape index (κ2) is 8.14. The molecule has 0 bridgehead atoms. The van der Waals surface area contributed by atoms with Crippen molar-refractivity contribution in [1.29, 1.82) is 0 Å². The Kier molecular flexibility index (Phi) is 5.81. The van der Waals surface area contributed by atoms with Crippen molar-refractivity contribution in [3.63, 3.8) is 0 Å². The highest BCUT2D eigenvalue weighted by Crippen LogP contribution is 2.26. The number of nitrogens with one attached hydrogen (secondary N) is 1. The molecule has 3 rings (SSSR count). The second-order valence-electron chi connectivity index (χ2n) is 6.99. The van der Waals surface area contributed by atoms with Crippen molar-refractivity contribution in [1.82, 2.24) is 14.9 Å². The number of carbonyl (C=O) groups is 1. The van der Waals surface area contributed by atoms with Crippen molar-refractivity contribution in [3.05, 3.63) is 54.1 Å². The van der Waals surface area contributed by atoms with Crippen LogP contribution in [0.4, 0.5) is 0 Å². The summed E-state index contributed by atoms with van der Waals surface area (Å²) in [5.41, 5.74) is 2.26. The molecule has 0 spiro atoms. The van der Waals surface area contributed by atoms with Gasteiger partial charge < -0.3 is 9.52 Å². The molecular weight excluding hydrogens is 394 g/mol. The van der Waals surface area contributed by atoms with E-state index in [0.717, 1.165) is 11.1 Å². The van der Waals surface area contributed by atoms with Crippen molar-refractivity contribution in [3.8, 4) is 22.9 Å². The zero-order chi connectivity index (χ0) is 21.2. The molecule has 0 fully saturated rings. The van der Waals surface area contributed by atoms with Crippen LogP contribution in [0.5, 0.6) is 0 Å². The number of carboxylic acids is 1. The van der Waals surface area contributed by atoms with Gasteiger partial charge in [0.15, 0.2) is 0 Å². The Morgan fingerprint density at radius 1 is 1.03 bits per heavy atom. The first kappa shape index (κ1) is 20.7. The Labute approximate surface area is 168 Å². The summed E-state index contributed by atoms with van der Waals surface area (Å²) in [6.07, 6.45) is 0. The summed E-state index contributed by atoms with van der Waals surface area (Å²) in [7, 11) is -4.05. The smallest absolute Gasteiger partial charge is 0.322 e. The van der Waals surface area contributed by atoms with E-state index in [9.17, 15) is 18.3 Å². The summed E-state index contributed by atoms with van der Waals surface area (Å²) in [5.74, 6) is -1.17. The third kappa shape index (κ3) is 4.69. The van der Waals surface area contributed by atoms with E-state index in [4.69, 9.17) is 4.42 Å². The Hall–Kier alpha value is -3.04. The Morgan fingerprint density at radius 2 is 1.66 bits per heavy atom. The number of sulfonamides is 1. The number of hydrogen-bond acceptors (Lipinski definition) is 6. The SMILES string of the molecule is Cc1ccc(-c2nnc(-c3cccc(S(=O)(=O)N[C@H](C(=O)O)C(C)C)c3)o2)cc1. The lowest BCUT2D eigenvalue weighted by atomic mass is 10.1. The van der Waals surface area contributed by atoms with Crippen LogP contribution < -0.4 is 4.72 Å². The lowest BCUT2D eigenvalue weighted by Crippen LogP contribution is -2.44. The minimum atomic E-state index is -4.05. The molecule has 1 heterocycles. The van der Waals surface area contributed by atoms with E-state index < -0.39 is 28.0 Å². The van der Waals surface area contributed by atoms with Gasteiger partial charge in [-0.05, 0) is 43.2 Å². The molecule has 0 aliphatic carbocycles. The Morgan fingerprint density at radius 3 is 2.24 bits per heavy atom.